The van der Waals surface area contributed by atoms with Crippen LogP contribution in [0.5, 0.6) is 0 Å². The van der Waals surface area contributed by atoms with Crippen molar-refractivity contribution in [3.05, 3.63) is 32.6 Å². The van der Waals surface area contributed by atoms with Crippen LogP contribution in [0.1, 0.15) is 66.2 Å². The average Bonchev–Trinajstić information content (AvgIpc) is 3.03. The number of aromatic amines is 1. The molecule has 34 heavy (non-hydrogen) atoms. The van der Waals surface area contributed by atoms with Gasteiger partial charge >= 0.3 is 14.3 Å². The van der Waals surface area contributed by atoms with Gasteiger partial charge in [-0.25, -0.2) is 4.79 Å². The number of thioether (sulfide) groups is 1. The molecule has 1 aliphatic rings. The van der Waals surface area contributed by atoms with Crippen molar-refractivity contribution >= 4 is 20.3 Å². The number of methoxy groups -OCH3 is 1. The third-order valence-electron chi connectivity index (χ3n) is 6.43. The number of aliphatic hydroxyl groups is 1. The Morgan fingerprint density at radius 1 is 1.21 bits per heavy atom. The van der Waals surface area contributed by atoms with Gasteiger partial charge in [0, 0.05) is 29.7 Å². The number of nitrogens with one attached hydrogen (secondary N) is 1. The molecule has 11 heteroatoms. The fourth-order valence-corrected chi connectivity index (χ4v) is 8.58. The number of ether oxygens (including phenoxy) is 2. The molecule has 196 valence electrons. The number of hydrogen-bond donors (Lipinski definition) is 3. The highest BCUT2D eigenvalue weighted by Gasteiger charge is 2.53. The molecule has 0 bridgehead atoms. The summed E-state index contributed by atoms with van der Waals surface area (Å²) in [5.41, 5.74) is -1.05. The molecule has 3 N–H and O–H groups in total. The van der Waals surface area contributed by atoms with Crippen LogP contribution < -0.4 is 11.2 Å². The zero-order valence-corrected chi connectivity index (χ0v) is 23.4. The summed E-state index contributed by atoms with van der Waals surface area (Å²) < 4.78 is 18.8. The molecule has 7 atom stereocenters. The van der Waals surface area contributed by atoms with Crippen molar-refractivity contribution in [2.45, 2.75) is 107 Å². The van der Waals surface area contributed by atoms with Crippen LogP contribution in [0.15, 0.2) is 15.8 Å². The molecule has 2 heterocycles. The first kappa shape index (κ1) is 29.3. The quantitative estimate of drug-likeness (QED) is 0.361. The molecule has 1 aliphatic heterocycles. The van der Waals surface area contributed by atoms with Crippen LogP contribution in [0, 0.1) is 6.92 Å². The van der Waals surface area contributed by atoms with Crippen LogP contribution in [0.3, 0.4) is 0 Å². The summed E-state index contributed by atoms with van der Waals surface area (Å²) in [5, 5.41) is 12.2. The van der Waals surface area contributed by atoms with Crippen molar-refractivity contribution in [3.63, 3.8) is 0 Å². The zero-order chi connectivity index (χ0) is 25.8. The molecule has 2 rings (SSSR count). The summed E-state index contributed by atoms with van der Waals surface area (Å²) in [5.74, 6) is 0. The van der Waals surface area contributed by atoms with E-state index in [1.165, 1.54) is 13.3 Å². The van der Waals surface area contributed by atoms with E-state index in [1.807, 2.05) is 32.5 Å². The van der Waals surface area contributed by atoms with Gasteiger partial charge in [0.15, 0.2) is 6.23 Å². The first-order chi connectivity index (χ1) is 15.8. The zero-order valence-electron chi connectivity index (χ0n) is 21.6. The molecule has 0 aliphatic carbocycles. The minimum Gasteiger partial charge on any atom is -0.410 e. The Hall–Kier alpha value is -0.953. The van der Waals surface area contributed by atoms with Gasteiger partial charge in [-0.3, -0.25) is 14.3 Å². The number of aromatic nitrogens is 2. The first-order valence-electron chi connectivity index (χ1n) is 12.0. The second-order valence-electron chi connectivity index (χ2n) is 9.95. The van der Waals surface area contributed by atoms with Gasteiger partial charge in [-0.1, -0.05) is 41.5 Å². The number of nitrogens with zero attached hydrogens (tertiary/aromatic N) is 1. The lowest BCUT2D eigenvalue weighted by molar-refractivity contribution is -0.0617. The van der Waals surface area contributed by atoms with Crippen molar-refractivity contribution < 1.29 is 23.8 Å². The lowest BCUT2D eigenvalue weighted by Gasteiger charge is -2.38. The largest absolute Gasteiger partial charge is 0.410 e. The Labute approximate surface area is 207 Å². The summed E-state index contributed by atoms with van der Waals surface area (Å²) in [4.78, 5) is 38.2. The maximum atomic E-state index is 12.4. The molecule has 1 fully saturated rings. The molecule has 1 saturated heterocycles. The molecule has 0 amide bonds. The van der Waals surface area contributed by atoms with Crippen molar-refractivity contribution in [1.82, 2.24) is 9.55 Å². The van der Waals surface area contributed by atoms with E-state index in [2.05, 4.69) is 25.8 Å². The van der Waals surface area contributed by atoms with Gasteiger partial charge < -0.3 is 23.8 Å². The number of rotatable bonds is 12. The van der Waals surface area contributed by atoms with Gasteiger partial charge in [0.25, 0.3) is 5.56 Å². The van der Waals surface area contributed by atoms with Crippen LogP contribution in [0.4, 0.5) is 0 Å². The maximum absolute atomic E-state index is 12.4. The highest BCUT2D eigenvalue weighted by atomic mass is 32.2. The van der Waals surface area contributed by atoms with Crippen molar-refractivity contribution in [2.24, 2.45) is 0 Å². The van der Waals surface area contributed by atoms with E-state index in [-0.39, 0.29) is 17.7 Å². The van der Waals surface area contributed by atoms with E-state index in [0.717, 1.165) is 17.4 Å². The average molecular weight is 519 g/mol. The summed E-state index contributed by atoms with van der Waals surface area (Å²) >= 11 is 1.92. The van der Waals surface area contributed by atoms with Crippen LogP contribution in [0.25, 0.3) is 0 Å². The van der Waals surface area contributed by atoms with E-state index in [9.17, 15) is 19.5 Å². The predicted molar refractivity (Wildman–Crippen MR) is 137 cm³/mol. The summed E-state index contributed by atoms with van der Waals surface area (Å²) in [6, 6.07) is 0. The third-order valence-corrected chi connectivity index (χ3v) is 11.7. The highest BCUT2D eigenvalue weighted by Crippen LogP contribution is 2.40. The molecular formula is C23H42N2O7SSi. The summed E-state index contributed by atoms with van der Waals surface area (Å²) in [6.45, 7) is 14.1. The predicted octanol–water partition coefficient (Wildman–Crippen LogP) is 2.68. The number of hydrogen-bond acceptors (Lipinski definition) is 8. The molecule has 0 radical (unpaired) electrons. The molecule has 1 aromatic heterocycles. The van der Waals surface area contributed by atoms with Crippen LogP contribution in [-0.2, 0) is 13.9 Å². The Morgan fingerprint density at radius 2 is 1.85 bits per heavy atom. The van der Waals surface area contributed by atoms with Crippen molar-refractivity contribution in [1.29, 1.82) is 0 Å². The smallest absolute Gasteiger partial charge is 0.341 e. The van der Waals surface area contributed by atoms with Gasteiger partial charge in [0.05, 0.1) is 6.61 Å². The topological polar surface area (TPSA) is 123 Å². The SMILES string of the molecule is COC[C@@H]1O[C@@H](n2cc(C)c(=O)[nH]c2=O)[C@H](O)[C@H]1O[Si](O)(C(C)C)C(C)CCC(C)SC(C)C. The van der Waals surface area contributed by atoms with Crippen LogP contribution >= 0.6 is 11.8 Å². The van der Waals surface area contributed by atoms with E-state index >= 15 is 0 Å². The van der Waals surface area contributed by atoms with Crippen molar-refractivity contribution in [2.75, 3.05) is 13.7 Å². The maximum Gasteiger partial charge on any atom is 0.341 e. The minimum atomic E-state index is -3.33. The second kappa shape index (κ2) is 12.3. The molecular weight excluding hydrogens is 476 g/mol. The van der Waals surface area contributed by atoms with E-state index in [0.29, 0.717) is 16.1 Å². The van der Waals surface area contributed by atoms with E-state index in [4.69, 9.17) is 13.9 Å². The lowest BCUT2D eigenvalue weighted by atomic mass is 10.1. The van der Waals surface area contributed by atoms with Gasteiger partial charge in [-0.2, -0.15) is 11.8 Å². The molecule has 0 spiro atoms. The second-order valence-corrected chi connectivity index (χ2v) is 15.9. The van der Waals surface area contributed by atoms with E-state index in [1.54, 1.807) is 6.92 Å². The van der Waals surface area contributed by atoms with Crippen LogP contribution in [-0.4, -0.2) is 70.5 Å². The fraction of sp³-hybridized carbons (Fsp3) is 0.826. The molecule has 9 nitrogen and oxygen atoms in total. The number of aliphatic hydroxyl groups excluding tert-OH is 1. The summed E-state index contributed by atoms with van der Waals surface area (Å²) in [6.07, 6.45) is -0.751. The highest BCUT2D eigenvalue weighted by molar-refractivity contribution is 8.00. The molecule has 1 aromatic rings. The Bertz CT molecular complexity index is 908. The Morgan fingerprint density at radius 3 is 2.41 bits per heavy atom. The van der Waals surface area contributed by atoms with E-state index < -0.39 is 44.3 Å². The number of aryl methyl sites for hydroxylation is 1. The number of H-pyrrole nitrogens is 1. The third kappa shape index (κ3) is 6.83. The minimum absolute atomic E-state index is 0.0739. The first-order valence-corrected chi connectivity index (χ1v) is 15.0. The lowest BCUT2D eigenvalue weighted by Crippen LogP contribution is -2.53. The van der Waals surface area contributed by atoms with Gasteiger partial charge in [-0.05, 0) is 30.6 Å². The molecule has 0 saturated carbocycles. The standard InChI is InChI=1S/C23H42N2O7SSi/c1-13(2)33-16(6)9-10-17(7)34(29,14(3)4)32-20-18(12-30-8)31-22(19(20)26)25-11-15(5)21(27)24-23(25)28/h11,13-14,16-20,22,26,29H,9-10,12H2,1-8H3,(H,24,27,28)/t16?,17?,18-,19+,20-,22+,34?/m0/s1. The molecule has 0 aromatic carbocycles. The normalized spacial score (nSPS) is 26.7. The monoisotopic (exact) mass is 518 g/mol. The van der Waals surface area contributed by atoms with Crippen LogP contribution in [0.2, 0.25) is 11.1 Å². The summed E-state index contributed by atoms with van der Waals surface area (Å²) in [7, 11) is -1.82. The Kier molecular flexibility index (Phi) is 10.6. The van der Waals surface area contributed by atoms with Gasteiger partial charge in [0.2, 0.25) is 0 Å². The van der Waals surface area contributed by atoms with Gasteiger partial charge in [-0.15, -0.1) is 0 Å². The van der Waals surface area contributed by atoms with Crippen molar-refractivity contribution in [3.8, 4) is 0 Å². The van der Waals surface area contributed by atoms with Gasteiger partial charge in [0.1, 0.15) is 18.3 Å². The Balaban J connectivity index is 2.28. The molecule has 3 unspecified atom stereocenters. The fourth-order valence-electron chi connectivity index (χ4n) is 4.43.